The van der Waals surface area contributed by atoms with Crippen molar-refractivity contribution in [1.82, 2.24) is 5.32 Å². The number of hydrogen-bond donors (Lipinski definition) is 3. The Kier molecular flexibility index (Phi) is 6.03. The van der Waals surface area contributed by atoms with Gasteiger partial charge in [-0.15, -0.1) is 0 Å². The van der Waals surface area contributed by atoms with Crippen LogP contribution >= 0.6 is 0 Å². The van der Waals surface area contributed by atoms with Crippen LogP contribution in [0.3, 0.4) is 0 Å². The molecule has 0 aromatic rings. The van der Waals surface area contributed by atoms with E-state index in [9.17, 15) is 14.4 Å². The molecule has 7 nitrogen and oxygen atoms in total. The van der Waals surface area contributed by atoms with Gasteiger partial charge in [0.15, 0.2) is 0 Å². The van der Waals surface area contributed by atoms with Crippen LogP contribution in [0.15, 0.2) is 0 Å². The third kappa shape index (κ3) is 7.44. The van der Waals surface area contributed by atoms with Gasteiger partial charge in [-0.3, -0.25) is 19.7 Å². The van der Waals surface area contributed by atoms with E-state index in [1.54, 1.807) is 0 Å². The molecule has 7 heteroatoms. The van der Waals surface area contributed by atoms with Gasteiger partial charge in [0.2, 0.25) is 0 Å². The molecule has 0 aromatic carbocycles. The number of rotatable bonds is 7. The lowest BCUT2D eigenvalue weighted by Gasteiger charge is -2.12. The molecule has 0 aromatic heterocycles. The predicted octanol–water partition coefficient (Wildman–Crippen LogP) is -0.585. The average Bonchev–Trinajstić information content (AvgIpc) is 2.09. The fraction of sp³-hybridized carbons (Fsp3) is 0.625. The normalized spacial score (nSPS) is 11.8. The monoisotopic (exact) mass is 219 g/mol. The number of esters is 1. The van der Waals surface area contributed by atoms with Gasteiger partial charge in [-0.2, -0.15) is 0 Å². The van der Waals surface area contributed by atoms with Crippen LogP contribution < -0.4 is 5.32 Å². The summed E-state index contributed by atoms with van der Waals surface area (Å²) in [7, 11) is 0. The van der Waals surface area contributed by atoms with E-state index in [0.717, 1.165) is 0 Å². The summed E-state index contributed by atoms with van der Waals surface area (Å²) in [4.78, 5) is 31.2. The van der Waals surface area contributed by atoms with E-state index in [2.05, 4.69) is 10.1 Å². The number of ether oxygens (including phenoxy) is 1. The number of aliphatic carboxylic acids is 2. The lowest BCUT2D eigenvalue weighted by Crippen LogP contribution is -2.38. The minimum absolute atomic E-state index is 0.0636. The Morgan fingerprint density at radius 2 is 1.93 bits per heavy atom. The van der Waals surface area contributed by atoms with Crippen LogP contribution in [0.2, 0.25) is 0 Å². The minimum atomic E-state index is -1.18. The zero-order valence-corrected chi connectivity index (χ0v) is 8.23. The van der Waals surface area contributed by atoms with Crippen molar-refractivity contribution in [2.45, 2.75) is 25.8 Å². The third-order valence-electron chi connectivity index (χ3n) is 1.55. The summed E-state index contributed by atoms with van der Waals surface area (Å²) in [6.45, 7) is 0.945. The molecule has 0 heterocycles. The van der Waals surface area contributed by atoms with Crippen LogP contribution in [0, 0.1) is 0 Å². The first-order valence-electron chi connectivity index (χ1n) is 4.25. The highest BCUT2D eigenvalue weighted by molar-refractivity contribution is 5.75. The lowest BCUT2D eigenvalue weighted by molar-refractivity contribution is -0.146. The number of carbonyl (C=O) groups is 3. The maximum absolute atomic E-state index is 10.6. The van der Waals surface area contributed by atoms with Crippen LogP contribution in [0.4, 0.5) is 0 Å². The number of carboxylic acid groups (broad SMARTS) is 2. The number of carbonyl (C=O) groups excluding carboxylic acids is 1. The second kappa shape index (κ2) is 6.77. The van der Waals surface area contributed by atoms with Crippen molar-refractivity contribution in [1.29, 1.82) is 0 Å². The Hall–Kier alpha value is -1.63. The van der Waals surface area contributed by atoms with Crippen molar-refractivity contribution in [2.75, 3.05) is 6.73 Å². The van der Waals surface area contributed by atoms with Crippen molar-refractivity contribution >= 4 is 17.9 Å². The van der Waals surface area contributed by atoms with Crippen LogP contribution in [0.1, 0.15) is 19.8 Å². The van der Waals surface area contributed by atoms with Gasteiger partial charge in [-0.1, -0.05) is 0 Å². The maximum Gasteiger partial charge on any atom is 0.320 e. The van der Waals surface area contributed by atoms with E-state index in [1.807, 2.05) is 0 Å². The van der Waals surface area contributed by atoms with E-state index in [4.69, 9.17) is 10.2 Å². The first kappa shape index (κ1) is 13.4. The van der Waals surface area contributed by atoms with E-state index >= 15 is 0 Å². The Morgan fingerprint density at radius 1 is 1.33 bits per heavy atom. The molecule has 0 rings (SSSR count). The fourth-order valence-corrected chi connectivity index (χ4v) is 0.825. The minimum Gasteiger partial charge on any atom is -0.481 e. The molecule has 1 unspecified atom stereocenters. The van der Waals surface area contributed by atoms with Gasteiger partial charge in [-0.05, 0) is 6.42 Å². The summed E-state index contributed by atoms with van der Waals surface area (Å²) in [5, 5.41) is 19.4. The summed E-state index contributed by atoms with van der Waals surface area (Å²) >= 11 is 0. The SMILES string of the molecule is CC(=O)OCNC(CCC(=O)O)C(=O)O. The molecule has 15 heavy (non-hydrogen) atoms. The molecule has 0 amide bonds. The fourth-order valence-electron chi connectivity index (χ4n) is 0.825. The van der Waals surface area contributed by atoms with Gasteiger partial charge in [-0.25, -0.2) is 0 Å². The van der Waals surface area contributed by atoms with Crippen molar-refractivity contribution in [3.8, 4) is 0 Å². The number of nitrogens with one attached hydrogen (secondary N) is 1. The van der Waals surface area contributed by atoms with Gasteiger partial charge < -0.3 is 14.9 Å². The Morgan fingerprint density at radius 3 is 2.33 bits per heavy atom. The molecule has 1 atom stereocenters. The van der Waals surface area contributed by atoms with Crippen molar-refractivity contribution in [3.05, 3.63) is 0 Å². The topological polar surface area (TPSA) is 113 Å². The van der Waals surface area contributed by atoms with Crippen LogP contribution in [0.5, 0.6) is 0 Å². The van der Waals surface area contributed by atoms with E-state index in [-0.39, 0.29) is 19.6 Å². The third-order valence-corrected chi connectivity index (χ3v) is 1.55. The first-order chi connectivity index (χ1) is 6.93. The second-order valence-corrected chi connectivity index (χ2v) is 2.81. The molecule has 86 valence electrons. The molecule has 0 aliphatic rings. The van der Waals surface area contributed by atoms with Gasteiger partial charge >= 0.3 is 17.9 Å². The highest BCUT2D eigenvalue weighted by Gasteiger charge is 2.17. The summed E-state index contributed by atoms with van der Waals surface area (Å²) in [6, 6.07) is -1.03. The maximum atomic E-state index is 10.6. The van der Waals surface area contributed by atoms with Crippen molar-refractivity contribution in [2.24, 2.45) is 0 Å². The number of carboxylic acids is 2. The molecule has 0 saturated heterocycles. The van der Waals surface area contributed by atoms with Crippen LogP contribution in [-0.4, -0.2) is 40.9 Å². The van der Waals surface area contributed by atoms with Gasteiger partial charge in [0, 0.05) is 13.3 Å². The smallest absolute Gasteiger partial charge is 0.320 e. The predicted molar refractivity (Wildman–Crippen MR) is 48.1 cm³/mol. The lowest BCUT2D eigenvalue weighted by atomic mass is 10.1. The van der Waals surface area contributed by atoms with Gasteiger partial charge in [0.25, 0.3) is 0 Å². The summed E-state index contributed by atoms with van der Waals surface area (Å²) in [6.07, 6.45) is -0.323. The zero-order chi connectivity index (χ0) is 11.8. The van der Waals surface area contributed by atoms with E-state index in [1.165, 1.54) is 6.92 Å². The molecular weight excluding hydrogens is 206 g/mol. The van der Waals surface area contributed by atoms with Gasteiger partial charge in [0.1, 0.15) is 12.8 Å². The largest absolute Gasteiger partial charge is 0.481 e. The highest BCUT2D eigenvalue weighted by Crippen LogP contribution is 1.97. The Bertz CT molecular complexity index is 252. The van der Waals surface area contributed by atoms with E-state index in [0.29, 0.717) is 0 Å². The molecule has 0 aliphatic carbocycles. The highest BCUT2D eigenvalue weighted by atomic mass is 16.5. The Labute approximate surface area is 86.0 Å². The molecule has 0 bridgehead atoms. The van der Waals surface area contributed by atoms with Crippen LogP contribution in [0.25, 0.3) is 0 Å². The molecule has 0 aliphatic heterocycles. The van der Waals surface area contributed by atoms with E-state index < -0.39 is 23.9 Å². The first-order valence-corrected chi connectivity index (χ1v) is 4.25. The summed E-state index contributed by atoms with van der Waals surface area (Å²) in [5.41, 5.74) is 0. The molecule has 0 spiro atoms. The molecule has 0 radical (unpaired) electrons. The van der Waals surface area contributed by atoms with Gasteiger partial charge in [0.05, 0.1) is 0 Å². The summed E-state index contributed by atoms with van der Waals surface area (Å²) < 4.78 is 4.47. The zero-order valence-electron chi connectivity index (χ0n) is 8.23. The Balaban J connectivity index is 3.88. The van der Waals surface area contributed by atoms with Crippen molar-refractivity contribution < 1.29 is 29.3 Å². The molecule has 3 N–H and O–H groups in total. The molecular formula is C8H13NO6. The quantitative estimate of drug-likeness (QED) is 0.387. The van der Waals surface area contributed by atoms with Crippen molar-refractivity contribution in [3.63, 3.8) is 0 Å². The molecule has 0 saturated carbocycles. The average molecular weight is 219 g/mol. The standard InChI is InChI=1S/C8H13NO6/c1-5(10)15-4-9-6(8(13)14)2-3-7(11)12/h6,9H,2-4H2,1H3,(H,11,12)(H,13,14). The number of hydrogen-bond acceptors (Lipinski definition) is 5. The second-order valence-electron chi connectivity index (χ2n) is 2.81. The van der Waals surface area contributed by atoms with Crippen LogP contribution in [-0.2, 0) is 19.1 Å². The molecule has 0 fully saturated rings. The summed E-state index contributed by atoms with van der Waals surface area (Å²) in [5.74, 6) is -2.79.